The van der Waals surface area contributed by atoms with Crippen LogP contribution in [0.15, 0.2) is 24.3 Å². The number of nitrogens with two attached hydrogens (primary N) is 1. The summed E-state index contributed by atoms with van der Waals surface area (Å²) in [6.45, 7) is 1.03. The Bertz CT molecular complexity index is 673. The van der Waals surface area contributed by atoms with E-state index in [9.17, 15) is 19.2 Å². The number of rotatable bonds is 4. The van der Waals surface area contributed by atoms with Crippen molar-refractivity contribution in [3.05, 3.63) is 35.4 Å². The van der Waals surface area contributed by atoms with Gasteiger partial charge in [-0.2, -0.15) is 0 Å². The van der Waals surface area contributed by atoms with Crippen LogP contribution in [-0.4, -0.2) is 53.1 Å². The van der Waals surface area contributed by atoms with Crippen LogP contribution in [0.1, 0.15) is 40.0 Å². The summed E-state index contributed by atoms with van der Waals surface area (Å²) in [5, 5.41) is 0. The third kappa shape index (κ3) is 2.89. The Labute approximate surface area is 139 Å². The van der Waals surface area contributed by atoms with Crippen LogP contribution in [0.5, 0.6) is 0 Å². The van der Waals surface area contributed by atoms with Crippen LogP contribution in [0.25, 0.3) is 0 Å². The highest BCUT2D eigenvalue weighted by Gasteiger charge is 2.35. The van der Waals surface area contributed by atoms with Gasteiger partial charge in [-0.05, 0) is 25.0 Å². The number of carbonyl (C=O) groups is 4. The fourth-order valence-corrected chi connectivity index (χ4v) is 3.22. The van der Waals surface area contributed by atoms with E-state index in [0.29, 0.717) is 37.1 Å². The highest BCUT2D eigenvalue weighted by atomic mass is 16.2. The molecular formula is C17H19N3O4. The van der Waals surface area contributed by atoms with Gasteiger partial charge in [0, 0.05) is 32.0 Å². The minimum absolute atomic E-state index is 0.0704. The summed E-state index contributed by atoms with van der Waals surface area (Å²) in [4.78, 5) is 50.7. The molecule has 0 unspecified atom stereocenters. The van der Waals surface area contributed by atoms with Gasteiger partial charge >= 0.3 is 0 Å². The molecule has 0 spiro atoms. The summed E-state index contributed by atoms with van der Waals surface area (Å²) in [6, 6.07) is 6.65. The van der Waals surface area contributed by atoms with Gasteiger partial charge < -0.3 is 10.6 Å². The van der Waals surface area contributed by atoms with Crippen molar-refractivity contribution in [1.29, 1.82) is 0 Å². The van der Waals surface area contributed by atoms with E-state index in [2.05, 4.69) is 0 Å². The van der Waals surface area contributed by atoms with Crippen molar-refractivity contribution in [2.24, 2.45) is 11.7 Å². The van der Waals surface area contributed by atoms with Gasteiger partial charge in [-0.3, -0.25) is 24.1 Å². The van der Waals surface area contributed by atoms with Crippen molar-refractivity contribution in [3.8, 4) is 0 Å². The van der Waals surface area contributed by atoms with Crippen LogP contribution in [0, 0.1) is 5.92 Å². The predicted molar refractivity (Wildman–Crippen MR) is 84.9 cm³/mol. The first-order valence-corrected chi connectivity index (χ1v) is 8.01. The molecule has 0 aliphatic carbocycles. The SMILES string of the molecule is NC(=O)C1CCN(C(=O)CCN2C(=O)c3ccccc3C2=O)CC1. The summed E-state index contributed by atoms with van der Waals surface area (Å²) in [5.74, 6) is -1.32. The summed E-state index contributed by atoms with van der Waals surface area (Å²) in [6.07, 6.45) is 1.22. The molecule has 126 valence electrons. The Morgan fingerprint density at radius 3 is 2.08 bits per heavy atom. The lowest BCUT2D eigenvalue weighted by Crippen LogP contribution is -2.43. The van der Waals surface area contributed by atoms with Crippen LogP contribution in [0.3, 0.4) is 0 Å². The zero-order chi connectivity index (χ0) is 17.3. The standard InChI is InChI=1S/C17H19N3O4/c18-15(22)11-5-8-19(9-6-11)14(21)7-10-20-16(23)12-3-1-2-4-13(12)17(20)24/h1-4,11H,5-10H2,(H2,18,22). The number of nitrogens with zero attached hydrogens (tertiary/aromatic N) is 2. The minimum atomic E-state index is -0.351. The summed E-state index contributed by atoms with van der Waals surface area (Å²) < 4.78 is 0. The number of amides is 4. The maximum atomic E-state index is 12.3. The summed E-state index contributed by atoms with van der Waals surface area (Å²) >= 11 is 0. The van der Waals surface area contributed by atoms with E-state index in [1.54, 1.807) is 29.2 Å². The van der Waals surface area contributed by atoms with Crippen molar-refractivity contribution < 1.29 is 19.2 Å². The number of likely N-dealkylation sites (tertiary alicyclic amines) is 1. The molecule has 0 bridgehead atoms. The van der Waals surface area contributed by atoms with Crippen molar-refractivity contribution in [3.63, 3.8) is 0 Å². The van der Waals surface area contributed by atoms with Gasteiger partial charge in [0.2, 0.25) is 11.8 Å². The van der Waals surface area contributed by atoms with E-state index >= 15 is 0 Å². The zero-order valence-corrected chi connectivity index (χ0v) is 13.2. The Balaban J connectivity index is 1.55. The van der Waals surface area contributed by atoms with E-state index in [1.165, 1.54) is 0 Å². The fraction of sp³-hybridized carbons (Fsp3) is 0.412. The summed E-state index contributed by atoms with van der Waals surface area (Å²) in [7, 11) is 0. The molecule has 24 heavy (non-hydrogen) atoms. The number of carbonyl (C=O) groups excluding carboxylic acids is 4. The predicted octanol–water partition coefficient (Wildman–Crippen LogP) is 0.397. The van der Waals surface area contributed by atoms with Crippen molar-refractivity contribution in [2.75, 3.05) is 19.6 Å². The first kappa shape index (κ1) is 16.2. The molecule has 1 saturated heterocycles. The summed E-state index contributed by atoms with van der Waals surface area (Å²) in [5.41, 5.74) is 6.05. The molecule has 0 atom stereocenters. The van der Waals surface area contributed by atoms with Crippen LogP contribution in [0.4, 0.5) is 0 Å². The molecule has 4 amide bonds. The number of imide groups is 1. The molecule has 0 radical (unpaired) electrons. The molecule has 0 saturated carbocycles. The highest BCUT2D eigenvalue weighted by molar-refractivity contribution is 6.21. The topological polar surface area (TPSA) is 101 Å². The first-order valence-electron chi connectivity index (χ1n) is 8.01. The third-order valence-electron chi connectivity index (χ3n) is 4.68. The van der Waals surface area contributed by atoms with Crippen molar-refractivity contribution in [1.82, 2.24) is 9.80 Å². The maximum Gasteiger partial charge on any atom is 0.261 e. The third-order valence-corrected chi connectivity index (χ3v) is 4.68. The van der Waals surface area contributed by atoms with Crippen LogP contribution >= 0.6 is 0 Å². The average Bonchev–Trinajstić information content (AvgIpc) is 2.84. The van der Waals surface area contributed by atoms with E-state index in [4.69, 9.17) is 5.73 Å². The quantitative estimate of drug-likeness (QED) is 0.808. The van der Waals surface area contributed by atoms with Crippen LogP contribution < -0.4 is 5.73 Å². The van der Waals surface area contributed by atoms with Crippen LogP contribution in [0.2, 0.25) is 0 Å². The number of benzene rings is 1. The Morgan fingerprint density at radius 2 is 1.58 bits per heavy atom. The molecule has 3 rings (SSSR count). The Kier molecular flexibility index (Phi) is 4.33. The van der Waals surface area contributed by atoms with Crippen LogP contribution in [-0.2, 0) is 9.59 Å². The molecule has 7 heteroatoms. The number of hydrogen-bond donors (Lipinski definition) is 1. The molecule has 1 aromatic carbocycles. The zero-order valence-electron chi connectivity index (χ0n) is 13.2. The van der Waals surface area contributed by atoms with Gasteiger partial charge in [0.15, 0.2) is 0 Å². The van der Waals surface area contributed by atoms with E-state index in [1.807, 2.05) is 0 Å². The number of hydrogen-bond acceptors (Lipinski definition) is 4. The molecular weight excluding hydrogens is 310 g/mol. The van der Waals surface area contributed by atoms with Crippen molar-refractivity contribution in [2.45, 2.75) is 19.3 Å². The molecule has 2 N–H and O–H groups in total. The van der Waals surface area contributed by atoms with Gasteiger partial charge in [-0.25, -0.2) is 0 Å². The molecule has 2 heterocycles. The Morgan fingerprint density at radius 1 is 1.04 bits per heavy atom. The second kappa shape index (κ2) is 6.43. The molecule has 2 aliphatic heterocycles. The van der Waals surface area contributed by atoms with Gasteiger partial charge in [-0.15, -0.1) is 0 Å². The van der Waals surface area contributed by atoms with E-state index in [0.717, 1.165) is 4.90 Å². The normalized spacial score (nSPS) is 18.0. The molecule has 1 aromatic rings. The second-order valence-electron chi connectivity index (χ2n) is 6.11. The monoisotopic (exact) mass is 329 g/mol. The van der Waals surface area contributed by atoms with Gasteiger partial charge in [0.05, 0.1) is 11.1 Å². The average molecular weight is 329 g/mol. The lowest BCUT2D eigenvalue weighted by Gasteiger charge is -2.31. The lowest BCUT2D eigenvalue weighted by molar-refractivity contribution is -0.134. The fourth-order valence-electron chi connectivity index (χ4n) is 3.22. The minimum Gasteiger partial charge on any atom is -0.369 e. The smallest absolute Gasteiger partial charge is 0.261 e. The number of piperidine rings is 1. The molecule has 2 aliphatic rings. The highest BCUT2D eigenvalue weighted by Crippen LogP contribution is 2.23. The second-order valence-corrected chi connectivity index (χ2v) is 6.11. The first-order chi connectivity index (χ1) is 11.5. The van der Waals surface area contributed by atoms with E-state index < -0.39 is 0 Å². The lowest BCUT2D eigenvalue weighted by atomic mass is 9.96. The largest absolute Gasteiger partial charge is 0.369 e. The van der Waals surface area contributed by atoms with Gasteiger partial charge in [0.1, 0.15) is 0 Å². The maximum absolute atomic E-state index is 12.3. The Hall–Kier alpha value is -2.70. The molecule has 1 fully saturated rings. The molecule has 7 nitrogen and oxygen atoms in total. The van der Waals surface area contributed by atoms with Crippen molar-refractivity contribution >= 4 is 23.6 Å². The number of fused-ring (bicyclic) bond motifs is 1. The van der Waals surface area contributed by atoms with Gasteiger partial charge in [-0.1, -0.05) is 12.1 Å². The van der Waals surface area contributed by atoms with E-state index in [-0.39, 0.29) is 42.5 Å². The molecule has 0 aromatic heterocycles. The van der Waals surface area contributed by atoms with Gasteiger partial charge in [0.25, 0.3) is 11.8 Å². The number of primary amides is 1.